The summed E-state index contributed by atoms with van der Waals surface area (Å²) in [6.45, 7) is 5.37. The third-order valence-electron chi connectivity index (χ3n) is 4.86. The van der Waals surface area contributed by atoms with Crippen LogP contribution in [0.4, 0.5) is 0 Å². The molecule has 5 heteroatoms. The Bertz CT molecular complexity index is 900. The Hall–Kier alpha value is -2.92. The van der Waals surface area contributed by atoms with Crippen LogP contribution >= 0.6 is 0 Å². The fourth-order valence-corrected chi connectivity index (χ4v) is 3.15. The van der Waals surface area contributed by atoms with E-state index in [4.69, 9.17) is 4.74 Å². The molecule has 5 nitrogen and oxygen atoms in total. The predicted molar refractivity (Wildman–Crippen MR) is 108 cm³/mol. The quantitative estimate of drug-likeness (QED) is 0.473. The monoisotopic (exact) mass is 363 g/mol. The topological polar surface area (TPSA) is 67.0 Å². The van der Waals surface area contributed by atoms with Crippen molar-refractivity contribution in [3.05, 3.63) is 70.4 Å². The summed E-state index contributed by atoms with van der Waals surface area (Å²) in [5.74, 6) is 0.691. The lowest BCUT2D eigenvalue weighted by atomic mass is 9.93. The first-order chi connectivity index (χ1) is 13.1. The number of carbonyl (C=O) groups is 1. The van der Waals surface area contributed by atoms with Crippen LogP contribution in [0.15, 0.2) is 42.6 Å². The number of nitrogens with zero attached hydrogens (tertiary/aromatic N) is 1. The maximum absolute atomic E-state index is 11.6. The average molecular weight is 363 g/mol. The fraction of sp³-hybridized carbons (Fsp3) is 0.273. The van der Waals surface area contributed by atoms with Gasteiger partial charge in [-0.15, -0.1) is 0 Å². The van der Waals surface area contributed by atoms with Crippen LogP contribution < -0.4 is 10.1 Å². The lowest BCUT2D eigenvalue weighted by molar-refractivity contribution is 0.111. The molecule has 0 spiro atoms. The molecule has 0 aliphatic heterocycles. The van der Waals surface area contributed by atoms with Gasteiger partial charge in [0.2, 0.25) is 0 Å². The van der Waals surface area contributed by atoms with Crippen LogP contribution in [0.1, 0.15) is 32.6 Å². The molecule has 0 radical (unpaired) electrons. The van der Waals surface area contributed by atoms with Gasteiger partial charge in [-0.25, -0.2) is 0 Å². The summed E-state index contributed by atoms with van der Waals surface area (Å²) in [5, 5.41) is 10.0. The lowest BCUT2D eigenvalue weighted by Gasteiger charge is -2.17. The Labute approximate surface area is 159 Å². The number of nitrogens with one attached hydrogen (secondary N) is 2. The number of ether oxygens (including phenoxy) is 1. The maximum Gasteiger partial charge on any atom is 0.153 e. The van der Waals surface area contributed by atoms with Gasteiger partial charge in [-0.2, -0.15) is 5.10 Å². The van der Waals surface area contributed by atoms with E-state index in [2.05, 4.69) is 46.7 Å². The average Bonchev–Trinajstić information content (AvgIpc) is 3.22. The van der Waals surface area contributed by atoms with Crippen molar-refractivity contribution >= 4 is 6.29 Å². The summed E-state index contributed by atoms with van der Waals surface area (Å²) in [7, 11) is 1.88. The lowest BCUT2D eigenvalue weighted by Crippen LogP contribution is -2.17. The van der Waals surface area contributed by atoms with E-state index in [0.29, 0.717) is 17.9 Å². The number of H-pyrrole nitrogens is 1. The van der Waals surface area contributed by atoms with E-state index >= 15 is 0 Å². The smallest absolute Gasteiger partial charge is 0.153 e. The maximum atomic E-state index is 11.6. The van der Waals surface area contributed by atoms with Gasteiger partial charge in [-0.3, -0.25) is 9.89 Å². The zero-order valence-electron chi connectivity index (χ0n) is 16.0. The van der Waals surface area contributed by atoms with Crippen molar-refractivity contribution < 1.29 is 9.53 Å². The Morgan fingerprint density at radius 3 is 2.56 bits per heavy atom. The first-order valence-corrected chi connectivity index (χ1v) is 9.08. The van der Waals surface area contributed by atoms with Crippen LogP contribution in [-0.4, -0.2) is 36.7 Å². The van der Waals surface area contributed by atoms with Gasteiger partial charge in [0.05, 0.1) is 11.3 Å². The van der Waals surface area contributed by atoms with Gasteiger partial charge in [0.15, 0.2) is 6.29 Å². The highest BCUT2D eigenvalue weighted by atomic mass is 16.5. The number of aromatic nitrogens is 2. The van der Waals surface area contributed by atoms with Crippen molar-refractivity contribution in [1.82, 2.24) is 15.5 Å². The second-order valence-electron chi connectivity index (χ2n) is 6.62. The predicted octanol–water partition coefficient (Wildman–Crippen LogP) is 3.70. The number of aromatic amines is 1. The molecule has 0 fully saturated rings. The highest BCUT2D eigenvalue weighted by Crippen LogP contribution is 2.30. The summed E-state index contributed by atoms with van der Waals surface area (Å²) in [5.41, 5.74) is 7.24. The summed E-state index contributed by atoms with van der Waals surface area (Å²) >= 11 is 0. The van der Waals surface area contributed by atoms with Gasteiger partial charge >= 0.3 is 0 Å². The van der Waals surface area contributed by atoms with Crippen molar-refractivity contribution in [2.45, 2.75) is 20.3 Å². The molecule has 0 aliphatic carbocycles. The van der Waals surface area contributed by atoms with E-state index < -0.39 is 0 Å². The molecule has 2 N–H and O–H groups in total. The molecule has 0 amide bonds. The zero-order valence-corrected chi connectivity index (χ0v) is 16.0. The molecular formula is C22H25N3O2. The second-order valence-corrected chi connectivity index (χ2v) is 6.62. The van der Waals surface area contributed by atoms with Gasteiger partial charge in [-0.1, -0.05) is 24.3 Å². The fourth-order valence-electron chi connectivity index (χ4n) is 3.15. The summed E-state index contributed by atoms with van der Waals surface area (Å²) in [6, 6.07) is 12.3. The minimum Gasteiger partial charge on any atom is -0.491 e. The van der Waals surface area contributed by atoms with Crippen molar-refractivity contribution in [3.8, 4) is 17.0 Å². The van der Waals surface area contributed by atoms with Crippen molar-refractivity contribution in [1.29, 1.82) is 0 Å². The van der Waals surface area contributed by atoms with Gasteiger partial charge in [0, 0.05) is 12.7 Å². The molecule has 0 bridgehead atoms. The highest BCUT2D eigenvalue weighted by molar-refractivity contribution is 5.81. The van der Waals surface area contributed by atoms with Crippen molar-refractivity contribution in [2.24, 2.45) is 0 Å². The SMILES string of the molecule is CNCCOc1c(C=O)cc(Cc2ccc(-c3ccn[nH]3)cc2)c(C)c1C. The molecule has 0 saturated heterocycles. The van der Waals surface area contributed by atoms with Crippen LogP contribution in [-0.2, 0) is 6.42 Å². The summed E-state index contributed by atoms with van der Waals surface area (Å²) in [6.07, 6.45) is 3.40. The van der Waals surface area contributed by atoms with Crippen LogP contribution in [0.5, 0.6) is 5.75 Å². The number of carbonyl (C=O) groups excluding carboxylic acids is 1. The first-order valence-electron chi connectivity index (χ1n) is 9.08. The van der Waals surface area contributed by atoms with E-state index in [1.807, 2.05) is 26.1 Å². The van der Waals surface area contributed by atoms with E-state index in [1.165, 1.54) is 5.56 Å². The van der Waals surface area contributed by atoms with E-state index in [-0.39, 0.29) is 0 Å². The number of rotatable bonds is 8. The molecule has 0 aliphatic rings. The van der Waals surface area contributed by atoms with Crippen LogP contribution in [0.3, 0.4) is 0 Å². The third kappa shape index (κ3) is 4.26. The Balaban J connectivity index is 1.84. The first kappa shape index (κ1) is 18.9. The zero-order chi connectivity index (χ0) is 19.2. The molecule has 2 aromatic carbocycles. The summed E-state index contributed by atoms with van der Waals surface area (Å²) in [4.78, 5) is 11.6. The molecule has 3 rings (SSSR count). The Morgan fingerprint density at radius 2 is 1.93 bits per heavy atom. The second kappa shape index (κ2) is 8.64. The van der Waals surface area contributed by atoms with Crippen molar-refractivity contribution in [2.75, 3.05) is 20.2 Å². The van der Waals surface area contributed by atoms with Crippen molar-refractivity contribution in [3.63, 3.8) is 0 Å². The Kier molecular flexibility index (Phi) is 6.04. The van der Waals surface area contributed by atoms with Crippen LogP contribution in [0, 0.1) is 13.8 Å². The van der Waals surface area contributed by atoms with Crippen LogP contribution in [0.25, 0.3) is 11.3 Å². The van der Waals surface area contributed by atoms with Gasteiger partial charge in [0.1, 0.15) is 12.4 Å². The molecule has 3 aromatic rings. The van der Waals surface area contributed by atoms with Gasteiger partial charge in [0.25, 0.3) is 0 Å². The van der Waals surface area contributed by atoms with Gasteiger partial charge in [-0.05, 0) is 67.3 Å². The third-order valence-corrected chi connectivity index (χ3v) is 4.86. The molecule has 27 heavy (non-hydrogen) atoms. The van der Waals surface area contributed by atoms with E-state index in [0.717, 1.165) is 47.2 Å². The number of hydrogen-bond acceptors (Lipinski definition) is 4. The molecule has 1 heterocycles. The molecule has 0 atom stereocenters. The minimum absolute atomic E-state index is 0.534. The number of aldehydes is 1. The van der Waals surface area contributed by atoms with E-state index in [1.54, 1.807) is 6.20 Å². The number of likely N-dealkylation sites (N-methyl/N-ethyl adjacent to an activating group) is 1. The largest absolute Gasteiger partial charge is 0.491 e. The normalized spacial score (nSPS) is 10.8. The van der Waals surface area contributed by atoms with Gasteiger partial charge < -0.3 is 10.1 Å². The molecule has 0 unspecified atom stereocenters. The summed E-state index contributed by atoms with van der Waals surface area (Å²) < 4.78 is 5.84. The number of hydrogen-bond donors (Lipinski definition) is 2. The Morgan fingerprint density at radius 1 is 1.15 bits per heavy atom. The number of benzene rings is 2. The molecule has 140 valence electrons. The molecule has 1 aromatic heterocycles. The minimum atomic E-state index is 0.534. The van der Waals surface area contributed by atoms with E-state index in [9.17, 15) is 4.79 Å². The molecular weight excluding hydrogens is 338 g/mol. The molecule has 0 saturated carbocycles. The van der Waals surface area contributed by atoms with Crippen LogP contribution in [0.2, 0.25) is 0 Å². The highest BCUT2D eigenvalue weighted by Gasteiger charge is 2.14. The standard InChI is InChI=1S/C22H25N3O2/c1-15-16(2)22(27-11-10-23-3)20(14-26)13-19(15)12-17-4-6-18(7-5-17)21-8-9-24-25-21/h4-9,13-14,23H,10-12H2,1-3H3,(H,24,25).